The molecule has 0 fully saturated rings. The summed E-state index contributed by atoms with van der Waals surface area (Å²) >= 11 is 6.10. The van der Waals surface area contributed by atoms with Crippen LogP contribution in [0.3, 0.4) is 0 Å². The molecule has 0 spiro atoms. The second kappa shape index (κ2) is 6.54. The van der Waals surface area contributed by atoms with Crippen LogP contribution in [0.1, 0.15) is 26.0 Å². The zero-order valence-electron chi connectivity index (χ0n) is 12.2. The molecular weight excluding hydrogens is 288 g/mol. The first kappa shape index (κ1) is 15.3. The standard InChI is InChI=1S/C15H17ClN4O/c1-4-6-11(12(16)5-2)15(21)18-13-9-20-14(17-13)8-7-10(3)19-20/h4,6-9H,5H2,1-3H3,(H,18,21)/b6-4-,12-11-. The molecule has 0 aliphatic rings. The summed E-state index contributed by atoms with van der Waals surface area (Å²) in [6.07, 6.45) is 5.74. The molecule has 0 aliphatic heterocycles. The second-order valence-corrected chi connectivity index (χ2v) is 4.99. The van der Waals surface area contributed by atoms with E-state index in [1.54, 1.807) is 22.9 Å². The molecule has 0 atom stereocenters. The van der Waals surface area contributed by atoms with Gasteiger partial charge >= 0.3 is 0 Å². The Bertz CT molecular complexity index is 730. The molecule has 1 N–H and O–H groups in total. The van der Waals surface area contributed by atoms with Gasteiger partial charge in [-0.05, 0) is 32.4 Å². The molecule has 2 aromatic rings. The normalized spacial score (nSPS) is 12.8. The maximum Gasteiger partial charge on any atom is 0.258 e. The van der Waals surface area contributed by atoms with Crippen molar-refractivity contribution < 1.29 is 4.79 Å². The van der Waals surface area contributed by atoms with Gasteiger partial charge in [0.25, 0.3) is 5.91 Å². The monoisotopic (exact) mass is 304 g/mol. The van der Waals surface area contributed by atoms with Crippen LogP contribution >= 0.6 is 11.6 Å². The number of halogens is 1. The van der Waals surface area contributed by atoms with Gasteiger partial charge in [-0.2, -0.15) is 5.10 Å². The fourth-order valence-corrected chi connectivity index (χ4v) is 2.02. The van der Waals surface area contributed by atoms with E-state index < -0.39 is 0 Å². The number of imidazole rings is 1. The van der Waals surface area contributed by atoms with Gasteiger partial charge in [-0.15, -0.1) is 0 Å². The first-order valence-electron chi connectivity index (χ1n) is 6.71. The molecule has 5 nitrogen and oxygen atoms in total. The number of fused-ring (bicyclic) bond motifs is 1. The van der Waals surface area contributed by atoms with Crippen molar-refractivity contribution in [1.82, 2.24) is 14.6 Å². The van der Waals surface area contributed by atoms with E-state index in [-0.39, 0.29) is 5.91 Å². The first-order chi connectivity index (χ1) is 10.0. The van der Waals surface area contributed by atoms with Crippen LogP contribution in [0.25, 0.3) is 5.65 Å². The Morgan fingerprint density at radius 2 is 2.24 bits per heavy atom. The number of carbonyl (C=O) groups is 1. The van der Waals surface area contributed by atoms with Gasteiger partial charge < -0.3 is 5.32 Å². The van der Waals surface area contributed by atoms with Crippen molar-refractivity contribution in [2.45, 2.75) is 27.2 Å². The van der Waals surface area contributed by atoms with Crippen molar-refractivity contribution >= 4 is 29.0 Å². The number of hydrogen-bond acceptors (Lipinski definition) is 3. The number of amides is 1. The molecular formula is C15H17ClN4O. The minimum Gasteiger partial charge on any atom is -0.305 e. The van der Waals surface area contributed by atoms with Crippen molar-refractivity contribution in [2.24, 2.45) is 0 Å². The van der Waals surface area contributed by atoms with E-state index in [4.69, 9.17) is 11.6 Å². The Kier molecular flexibility index (Phi) is 4.75. The van der Waals surface area contributed by atoms with E-state index in [2.05, 4.69) is 15.4 Å². The predicted molar refractivity (Wildman–Crippen MR) is 84.3 cm³/mol. The molecule has 0 radical (unpaired) electrons. The van der Waals surface area contributed by atoms with Crippen LogP contribution in [0.2, 0.25) is 0 Å². The Morgan fingerprint density at radius 1 is 1.48 bits per heavy atom. The smallest absolute Gasteiger partial charge is 0.258 e. The second-order valence-electron chi connectivity index (χ2n) is 4.53. The molecule has 2 rings (SSSR count). The summed E-state index contributed by atoms with van der Waals surface area (Å²) in [4.78, 5) is 16.6. The number of aryl methyl sites for hydroxylation is 1. The molecule has 110 valence electrons. The zero-order chi connectivity index (χ0) is 15.4. The maximum absolute atomic E-state index is 12.3. The van der Waals surface area contributed by atoms with Crippen LogP contribution in [0.5, 0.6) is 0 Å². The van der Waals surface area contributed by atoms with Crippen molar-refractivity contribution in [3.63, 3.8) is 0 Å². The maximum atomic E-state index is 12.3. The summed E-state index contributed by atoms with van der Waals surface area (Å²) in [6, 6.07) is 3.72. The molecule has 2 aromatic heterocycles. The fraction of sp³-hybridized carbons (Fsp3) is 0.267. The quantitative estimate of drug-likeness (QED) is 0.695. The third-order valence-corrected chi connectivity index (χ3v) is 3.35. The minimum atomic E-state index is -0.278. The summed E-state index contributed by atoms with van der Waals surface area (Å²) < 4.78 is 1.63. The molecule has 0 saturated carbocycles. The van der Waals surface area contributed by atoms with Crippen LogP contribution in [0.15, 0.2) is 41.1 Å². The number of anilines is 1. The van der Waals surface area contributed by atoms with E-state index in [1.807, 2.05) is 32.9 Å². The highest BCUT2D eigenvalue weighted by atomic mass is 35.5. The summed E-state index contributed by atoms with van der Waals surface area (Å²) in [6.45, 7) is 5.63. The third-order valence-electron chi connectivity index (χ3n) is 2.88. The van der Waals surface area contributed by atoms with E-state index >= 15 is 0 Å². The van der Waals surface area contributed by atoms with Crippen molar-refractivity contribution in [3.8, 4) is 0 Å². The molecule has 6 heteroatoms. The van der Waals surface area contributed by atoms with Crippen molar-refractivity contribution in [3.05, 3.63) is 46.8 Å². The molecule has 2 heterocycles. The van der Waals surface area contributed by atoms with Crippen LogP contribution < -0.4 is 5.32 Å². The van der Waals surface area contributed by atoms with E-state index in [1.165, 1.54) is 0 Å². The molecule has 0 bridgehead atoms. The predicted octanol–water partition coefficient (Wildman–Crippen LogP) is 3.46. The summed E-state index contributed by atoms with van der Waals surface area (Å²) in [5, 5.41) is 7.55. The Balaban J connectivity index is 2.28. The van der Waals surface area contributed by atoms with E-state index in [0.29, 0.717) is 28.5 Å². The highest BCUT2D eigenvalue weighted by Crippen LogP contribution is 2.17. The van der Waals surface area contributed by atoms with Crippen LogP contribution in [0.4, 0.5) is 5.82 Å². The number of allylic oxidation sites excluding steroid dienone is 2. The average Bonchev–Trinajstić information content (AvgIpc) is 2.84. The average molecular weight is 305 g/mol. The van der Waals surface area contributed by atoms with Gasteiger partial charge in [0.05, 0.1) is 17.5 Å². The summed E-state index contributed by atoms with van der Waals surface area (Å²) in [5.74, 6) is 0.167. The van der Waals surface area contributed by atoms with Gasteiger partial charge in [-0.3, -0.25) is 4.79 Å². The SMILES string of the molecule is C/C=C\C(C(=O)Nc1cn2nc(C)ccc2n1)=C(\Cl)CC. The van der Waals surface area contributed by atoms with Crippen molar-refractivity contribution in [1.29, 1.82) is 0 Å². The lowest BCUT2D eigenvalue weighted by atomic mass is 10.2. The van der Waals surface area contributed by atoms with Gasteiger partial charge in [-0.25, -0.2) is 9.50 Å². The van der Waals surface area contributed by atoms with Gasteiger partial charge in [0.1, 0.15) is 0 Å². The number of carbonyl (C=O) groups excluding carboxylic acids is 1. The Labute approximate surface area is 128 Å². The number of nitrogens with zero attached hydrogens (tertiary/aromatic N) is 3. The lowest BCUT2D eigenvalue weighted by Crippen LogP contribution is -2.14. The molecule has 0 unspecified atom stereocenters. The highest BCUT2D eigenvalue weighted by molar-refractivity contribution is 6.32. The van der Waals surface area contributed by atoms with Crippen molar-refractivity contribution in [2.75, 3.05) is 5.32 Å². The lowest BCUT2D eigenvalue weighted by molar-refractivity contribution is -0.112. The summed E-state index contributed by atoms with van der Waals surface area (Å²) in [5.41, 5.74) is 2.00. The molecule has 21 heavy (non-hydrogen) atoms. The topological polar surface area (TPSA) is 59.3 Å². The van der Waals surface area contributed by atoms with Crippen LogP contribution in [-0.4, -0.2) is 20.5 Å². The van der Waals surface area contributed by atoms with Crippen LogP contribution in [-0.2, 0) is 4.79 Å². The first-order valence-corrected chi connectivity index (χ1v) is 7.08. The van der Waals surface area contributed by atoms with Gasteiger partial charge in [0.15, 0.2) is 11.5 Å². The number of nitrogens with one attached hydrogen (secondary N) is 1. The Morgan fingerprint density at radius 3 is 2.90 bits per heavy atom. The fourth-order valence-electron chi connectivity index (χ4n) is 1.87. The van der Waals surface area contributed by atoms with E-state index in [9.17, 15) is 4.79 Å². The van der Waals surface area contributed by atoms with Gasteiger partial charge in [0.2, 0.25) is 0 Å². The molecule has 0 aliphatic carbocycles. The Hall–Kier alpha value is -2.14. The molecule has 0 saturated heterocycles. The van der Waals surface area contributed by atoms with Crippen LogP contribution in [0, 0.1) is 6.92 Å². The largest absolute Gasteiger partial charge is 0.305 e. The summed E-state index contributed by atoms with van der Waals surface area (Å²) in [7, 11) is 0. The highest BCUT2D eigenvalue weighted by Gasteiger charge is 2.13. The number of rotatable bonds is 4. The number of hydrogen-bond donors (Lipinski definition) is 1. The third kappa shape index (κ3) is 3.49. The van der Waals surface area contributed by atoms with Gasteiger partial charge in [0, 0.05) is 5.03 Å². The van der Waals surface area contributed by atoms with Gasteiger partial charge in [-0.1, -0.05) is 30.7 Å². The molecule has 1 amide bonds. The van der Waals surface area contributed by atoms with E-state index in [0.717, 1.165) is 5.69 Å². The zero-order valence-corrected chi connectivity index (χ0v) is 13.0. The lowest BCUT2D eigenvalue weighted by Gasteiger charge is -2.05. The minimum absolute atomic E-state index is 0.278. The molecule has 0 aromatic carbocycles. The number of aromatic nitrogens is 3.